The first-order valence-corrected chi connectivity index (χ1v) is 6.16. The van der Waals surface area contributed by atoms with Crippen molar-refractivity contribution in [2.45, 2.75) is 19.9 Å². The molecule has 0 spiro atoms. The van der Waals surface area contributed by atoms with Crippen LogP contribution >= 0.6 is 0 Å². The van der Waals surface area contributed by atoms with Gasteiger partial charge in [0, 0.05) is 32.4 Å². The first-order chi connectivity index (χ1) is 8.56. The lowest BCUT2D eigenvalue weighted by Crippen LogP contribution is -2.36. The number of hydrogen-bond donors (Lipinski definition) is 2. The van der Waals surface area contributed by atoms with E-state index in [1.54, 1.807) is 25.5 Å². The van der Waals surface area contributed by atoms with Gasteiger partial charge in [-0.15, -0.1) is 0 Å². The van der Waals surface area contributed by atoms with E-state index in [0.717, 1.165) is 12.2 Å². The fourth-order valence-electron chi connectivity index (χ4n) is 1.49. The second kappa shape index (κ2) is 6.96. The molecule has 0 aliphatic carbocycles. The molecule has 1 aromatic rings. The second-order valence-corrected chi connectivity index (χ2v) is 4.50. The number of pyridine rings is 1. The first-order valence-electron chi connectivity index (χ1n) is 6.16. The predicted octanol–water partition coefficient (Wildman–Crippen LogP) is 1.19. The molecule has 0 aromatic carbocycles. The molecule has 2 N–H and O–H groups in total. The Morgan fingerprint density at radius 1 is 1.50 bits per heavy atom. The fourth-order valence-corrected chi connectivity index (χ4v) is 1.49. The molecule has 0 unspecified atom stereocenters. The number of aromatic nitrogens is 1. The van der Waals surface area contributed by atoms with Gasteiger partial charge >= 0.3 is 0 Å². The van der Waals surface area contributed by atoms with E-state index in [9.17, 15) is 4.79 Å². The largest absolute Gasteiger partial charge is 0.386 e. The van der Waals surface area contributed by atoms with Crippen LogP contribution in [0.5, 0.6) is 0 Å². The Labute approximate surface area is 109 Å². The van der Waals surface area contributed by atoms with Crippen molar-refractivity contribution in [3.05, 3.63) is 24.0 Å². The Bertz CT molecular complexity index is 392. The smallest absolute Gasteiger partial charge is 0.253 e. The standard InChI is InChI=1S/C13H22N4O/c1-10(2)17(4)8-7-16-13(18)11-5-6-15-9-12(11)14-3/h5-6,9-10,14H,7-8H2,1-4H3,(H,16,18). The monoisotopic (exact) mass is 250 g/mol. The number of amides is 1. The van der Waals surface area contributed by atoms with Gasteiger partial charge in [-0.25, -0.2) is 0 Å². The minimum atomic E-state index is -0.0705. The van der Waals surface area contributed by atoms with Gasteiger partial charge in [-0.1, -0.05) is 0 Å². The van der Waals surface area contributed by atoms with E-state index in [1.165, 1.54) is 0 Å². The van der Waals surface area contributed by atoms with Gasteiger partial charge < -0.3 is 15.5 Å². The minimum Gasteiger partial charge on any atom is -0.386 e. The van der Waals surface area contributed by atoms with E-state index in [-0.39, 0.29) is 5.91 Å². The highest BCUT2D eigenvalue weighted by molar-refractivity contribution is 5.99. The van der Waals surface area contributed by atoms with Crippen LogP contribution in [0.3, 0.4) is 0 Å². The summed E-state index contributed by atoms with van der Waals surface area (Å²) < 4.78 is 0. The molecule has 18 heavy (non-hydrogen) atoms. The minimum absolute atomic E-state index is 0.0705. The SMILES string of the molecule is CNc1cnccc1C(=O)NCCN(C)C(C)C. The summed E-state index contributed by atoms with van der Waals surface area (Å²) in [6, 6.07) is 2.20. The average Bonchev–Trinajstić information content (AvgIpc) is 2.38. The summed E-state index contributed by atoms with van der Waals surface area (Å²) in [6.45, 7) is 5.73. The Morgan fingerprint density at radius 3 is 2.83 bits per heavy atom. The van der Waals surface area contributed by atoms with Crippen molar-refractivity contribution in [1.29, 1.82) is 0 Å². The molecule has 0 saturated heterocycles. The average molecular weight is 250 g/mol. The molecule has 1 rings (SSSR count). The van der Waals surface area contributed by atoms with Gasteiger partial charge in [0.1, 0.15) is 0 Å². The quantitative estimate of drug-likeness (QED) is 0.796. The normalized spacial score (nSPS) is 10.8. The number of carbonyl (C=O) groups excluding carboxylic acids is 1. The molecule has 5 nitrogen and oxygen atoms in total. The van der Waals surface area contributed by atoms with Gasteiger partial charge in [0.05, 0.1) is 17.4 Å². The van der Waals surface area contributed by atoms with Gasteiger partial charge in [0.2, 0.25) is 0 Å². The van der Waals surface area contributed by atoms with Gasteiger partial charge in [-0.3, -0.25) is 9.78 Å². The van der Waals surface area contributed by atoms with Gasteiger partial charge in [-0.05, 0) is 27.0 Å². The van der Waals surface area contributed by atoms with Crippen LogP contribution in [-0.4, -0.2) is 49.0 Å². The number of carbonyl (C=O) groups is 1. The molecular formula is C13H22N4O. The Morgan fingerprint density at radius 2 is 2.22 bits per heavy atom. The molecule has 0 atom stereocenters. The van der Waals surface area contributed by atoms with Gasteiger partial charge in [0.15, 0.2) is 0 Å². The van der Waals surface area contributed by atoms with E-state index in [2.05, 4.69) is 34.4 Å². The summed E-state index contributed by atoms with van der Waals surface area (Å²) in [5, 5.41) is 5.87. The molecule has 100 valence electrons. The van der Waals surface area contributed by atoms with E-state index in [1.807, 2.05) is 7.05 Å². The van der Waals surface area contributed by atoms with E-state index >= 15 is 0 Å². The lowest BCUT2D eigenvalue weighted by molar-refractivity contribution is 0.0949. The zero-order valence-corrected chi connectivity index (χ0v) is 11.5. The molecule has 0 radical (unpaired) electrons. The molecule has 0 fully saturated rings. The number of likely N-dealkylation sites (N-methyl/N-ethyl adjacent to an activating group) is 1. The van der Waals surface area contributed by atoms with Crippen LogP contribution in [-0.2, 0) is 0 Å². The van der Waals surface area contributed by atoms with Crippen LogP contribution < -0.4 is 10.6 Å². The van der Waals surface area contributed by atoms with Gasteiger partial charge in [-0.2, -0.15) is 0 Å². The predicted molar refractivity (Wildman–Crippen MR) is 73.9 cm³/mol. The highest BCUT2D eigenvalue weighted by Crippen LogP contribution is 2.11. The molecular weight excluding hydrogens is 228 g/mol. The van der Waals surface area contributed by atoms with Crippen LogP contribution in [0.1, 0.15) is 24.2 Å². The van der Waals surface area contributed by atoms with Crippen LogP contribution in [0, 0.1) is 0 Å². The Hall–Kier alpha value is -1.62. The molecule has 0 bridgehead atoms. The highest BCUT2D eigenvalue weighted by Gasteiger charge is 2.10. The Kier molecular flexibility index (Phi) is 5.58. The molecule has 1 heterocycles. The lowest BCUT2D eigenvalue weighted by atomic mass is 10.2. The summed E-state index contributed by atoms with van der Waals surface area (Å²) in [5.41, 5.74) is 1.37. The number of rotatable bonds is 6. The summed E-state index contributed by atoms with van der Waals surface area (Å²) in [4.78, 5) is 18.1. The topological polar surface area (TPSA) is 57.3 Å². The van der Waals surface area contributed by atoms with Crippen LogP contribution in [0.15, 0.2) is 18.5 Å². The van der Waals surface area contributed by atoms with Crippen LogP contribution in [0.4, 0.5) is 5.69 Å². The third-order valence-electron chi connectivity index (χ3n) is 2.97. The zero-order valence-electron chi connectivity index (χ0n) is 11.5. The molecule has 0 saturated carbocycles. The second-order valence-electron chi connectivity index (χ2n) is 4.50. The van der Waals surface area contributed by atoms with Crippen molar-refractivity contribution in [3.8, 4) is 0 Å². The van der Waals surface area contributed by atoms with Crippen molar-refractivity contribution < 1.29 is 4.79 Å². The molecule has 0 aliphatic rings. The summed E-state index contributed by atoms with van der Waals surface area (Å²) in [7, 11) is 3.82. The summed E-state index contributed by atoms with van der Waals surface area (Å²) >= 11 is 0. The van der Waals surface area contributed by atoms with Gasteiger partial charge in [0.25, 0.3) is 5.91 Å². The maximum Gasteiger partial charge on any atom is 0.253 e. The lowest BCUT2D eigenvalue weighted by Gasteiger charge is -2.21. The number of nitrogens with one attached hydrogen (secondary N) is 2. The number of anilines is 1. The van der Waals surface area contributed by atoms with Crippen LogP contribution in [0.2, 0.25) is 0 Å². The molecule has 0 aliphatic heterocycles. The molecule has 5 heteroatoms. The van der Waals surface area contributed by atoms with E-state index in [0.29, 0.717) is 18.2 Å². The summed E-state index contributed by atoms with van der Waals surface area (Å²) in [5.74, 6) is -0.0705. The fraction of sp³-hybridized carbons (Fsp3) is 0.538. The van der Waals surface area contributed by atoms with Crippen LogP contribution in [0.25, 0.3) is 0 Å². The number of nitrogens with zero attached hydrogens (tertiary/aromatic N) is 2. The third kappa shape index (κ3) is 4.00. The molecule has 1 aromatic heterocycles. The number of hydrogen-bond acceptors (Lipinski definition) is 4. The molecule has 1 amide bonds. The maximum atomic E-state index is 12.0. The van der Waals surface area contributed by atoms with Crippen molar-refractivity contribution in [2.75, 3.05) is 32.5 Å². The van der Waals surface area contributed by atoms with E-state index in [4.69, 9.17) is 0 Å². The van der Waals surface area contributed by atoms with E-state index < -0.39 is 0 Å². The van der Waals surface area contributed by atoms with Crippen molar-refractivity contribution in [3.63, 3.8) is 0 Å². The highest BCUT2D eigenvalue weighted by atomic mass is 16.1. The van der Waals surface area contributed by atoms with Crippen molar-refractivity contribution in [2.24, 2.45) is 0 Å². The zero-order chi connectivity index (χ0) is 13.5. The van der Waals surface area contributed by atoms with Crippen molar-refractivity contribution in [1.82, 2.24) is 15.2 Å². The Balaban J connectivity index is 2.50. The third-order valence-corrected chi connectivity index (χ3v) is 2.97. The maximum absolute atomic E-state index is 12.0. The first kappa shape index (κ1) is 14.4. The van der Waals surface area contributed by atoms with Crippen molar-refractivity contribution >= 4 is 11.6 Å². The summed E-state index contributed by atoms with van der Waals surface area (Å²) in [6.07, 6.45) is 3.27.